The molecular weight excluding hydrogens is 280 g/mol. The molecule has 0 fully saturated rings. The first-order valence-electron chi connectivity index (χ1n) is 7.82. The van der Waals surface area contributed by atoms with Gasteiger partial charge in [-0.25, -0.2) is 4.79 Å². The second-order valence-electron chi connectivity index (χ2n) is 5.93. The van der Waals surface area contributed by atoms with Crippen molar-refractivity contribution in [3.8, 4) is 0 Å². The maximum absolute atomic E-state index is 12.5. The van der Waals surface area contributed by atoms with Crippen LogP contribution in [0.15, 0.2) is 18.2 Å². The van der Waals surface area contributed by atoms with Crippen molar-refractivity contribution < 1.29 is 19.0 Å². The molecule has 0 aliphatic carbocycles. The van der Waals surface area contributed by atoms with Crippen LogP contribution in [0.2, 0.25) is 0 Å². The molecule has 1 unspecified atom stereocenters. The van der Waals surface area contributed by atoms with Gasteiger partial charge in [-0.15, -0.1) is 0 Å². The monoisotopic (exact) mass is 308 g/mol. The molecule has 0 aliphatic rings. The van der Waals surface area contributed by atoms with Crippen LogP contribution >= 0.6 is 0 Å². The molecule has 0 heterocycles. The largest absolute Gasteiger partial charge is 0.460 e. The van der Waals surface area contributed by atoms with Gasteiger partial charge in [0, 0.05) is 7.11 Å². The number of hydrogen-bond acceptors (Lipinski definition) is 4. The Morgan fingerprint density at radius 3 is 2.00 bits per heavy atom. The van der Waals surface area contributed by atoms with Gasteiger partial charge in [0.2, 0.25) is 0 Å². The summed E-state index contributed by atoms with van der Waals surface area (Å²) in [6, 6.07) is 6.00. The van der Waals surface area contributed by atoms with E-state index in [0.29, 0.717) is 12.2 Å². The fraction of sp³-hybridized carbons (Fsp3) is 0.611. The summed E-state index contributed by atoms with van der Waals surface area (Å²) in [5, 5.41) is 0. The van der Waals surface area contributed by atoms with Crippen LogP contribution in [0.4, 0.5) is 0 Å². The molecule has 0 amide bonds. The summed E-state index contributed by atoms with van der Waals surface area (Å²) in [4.78, 5) is 12.5. The van der Waals surface area contributed by atoms with E-state index in [1.807, 2.05) is 18.2 Å². The Kier molecular flexibility index (Phi) is 7.56. The van der Waals surface area contributed by atoms with Crippen LogP contribution in [0.1, 0.15) is 67.9 Å². The SMILES string of the molecule is COC(C)OCCOC(=O)c1c(C(C)C)cccc1C(C)C. The molecule has 0 saturated heterocycles. The van der Waals surface area contributed by atoms with E-state index in [1.54, 1.807) is 14.0 Å². The zero-order valence-electron chi connectivity index (χ0n) is 14.5. The van der Waals surface area contributed by atoms with Crippen LogP contribution in [0.3, 0.4) is 0 Å². The van der Waals surface area contributed by atoms with E-state index in [4.69, 9.17) is 14.2 Å². The van der Waals surface area contributed by atoms with Gasteiger partial charge >= 0.3 is 5.97 Å². The van der Waals surface area contributed by atoms with E-state index < -0.39 is 0 Å². The van der Waals surface area contributed by atoms with E-state index in [9.17, 15) is 4.79 Å². The van der Waals surface area contributed by atoms with Crippen LogP contribution in [0, 0.1) is 0 Å². The number of ether oxygens (including phenoxy) is 3. The predicted molar refractivity (Wildman–Crippen MR) is 87.3 cm³/mol. The summed E-state index contributed by atoms with van der Waals surface area (Å²) >= 11 is 0. The second kappa shape index (κ2) is 8.91. The average molecular weight is 308 g/mol. The van der Waals surface area contributed by atoms with Gasteiger partial charge in [0.15, 0.2) is 6.29 Å². The number of hydrogen-bond donors (Lipinski definition) is 0. The topological polar surface area (TPSA) is 44.8 Å². The average Bonchev–Trinajstić information content (AvgIpc) is 2.49. The predicted octanol–water partition coefficient (Wildman–Crippen LogP) is 4.10. The molecule has 1 rings (SSSR count). The lowest BCUT2D eigenvalue weighted by atomic mass is 9.89. The minimum atomic E-state index is -0.298. The maximum atomic E-state index is 12.5. The van der Waals surface area contributed by atoms with Crippen LogP contribution in [-0.2, 0) is 14.2 Å². The van der Waals surface area contributed by atoms with Crippen molar-refractivity contribution in [2.45, 2.75) is 52.7 Å². The molecule has 0 bridgehead atoms. The summed E-state index contributed by atoms with van der Waals surface area (Å²) in [5.74, 6) is 0.263. The van der Waals surface area contributed by atoms with Crippen LogP contribution < -0.4 is 0 Å². The van der Waals surface area contributed by atoms with E-state index in [1.165, 1.54) is 0 Å². The zero-order valence-corrected chi connectivity index (χ0v) is 14.5. The Balaban J connectivity index is 2.83. The summed E-state index contributed by atoms with van der Waals surface area (Å²) in [6.45, 7) is 10.7. The zero-order chi connectivity index (χ0) is 16.7. The first-order valence-corrected chi connectivity index (χ1v) is 7.82. The molecule has 0 radical (unpaired) electrons. The van der Waals surface area contributed by atoms with Gasteiger partial charge in [0.25, 0.3) is 0 Å². The molecule has 0 N–H and O–H groups in total. The quantitative estimate of drug-likeness (QED) is 0.412. The fourth-order valence-corrected chi connectivity index (χ4v) is 2.28. The van der Waals surface area contributed by atoms with E-state index in [-0.39, 0.29) is 30.7 Å². The van der Waals surface area contributed by atoms with Crippen LogP contribution in [-0.4, -0.2) is 32.6 Å². The summed E-state index contributed by atoms with van der Waals surface area (Å²) < 4.78 is 15.7. The third-order valence-corrected chi connectivity index (χ3v) is 3.58. The number of carbonyl (C=O) groups is 1. The van der Waals surface area contributed by atoms with Gasteiger partial charge in [-0.05, 0) is 29.9 Å². The first kappa shape index (κ1) is 18.7. The standard InChI is InChI=1S/C18H28O4/c1-12(2)15-8-7-9-16(13(3)4)17(15)18(19)22-11-10-21-14(5)20-6/h7-9,12-14H,10-11H2,1-6H3. The molecule has 1 aromatic rings. The molecule has 0 saturated carbocycles. The number of esters is 1. The lowest BCUT2D eigenvalue weighted by Gasteiger charge is -2.18. The van der Waals surface area contributed by atoms with Gasteiger partial charge in [-0.2, -0.15) is 0 Å². The lowest BCUT2D eigenvalue weighted by Crippen LogP contribution is -2.18. The molecule has 1 atom stereocenters. The molecule has 0 aliphatic heterocycles. The summed E-state index contributed by atoms with van der Waals surface area (Å²) in [5.41, 5.74) is 2.76. The van der Waals surface area contributed by atoms with Gasteiger partial charge in [0.1, 0.15) is 6.61 Å². The van der Waals surface area contributed by atoms with Gasteiger partial charge < -0.3 is 14.2 Å². The van der Waals surface area contributed by atoms with Crippen molar-refractivity contribution in [3.05, 3.63) is 34.9 Å². The van der Waals surface area contributed by atoms with E-state index in [2.05, 4.69) is 27.7 Å². The van der Waals surface area contributed by atoms with Gasteiger partial charge in [0.05, 0.1) is 12.2 Å². The normalized spacial score (nSPS) is 12.7. The summed E-state index contributed by atoms with van der Waals surface area (Å²) in [6.07, 6.45) is -0.298. The number of carbonyl (C=O) groups excluding carboxylic acids is 1. The lowest BCUT2D eigenvalue weighted by molar-refractivity contribution is -0.118. The second-order valence-corrected chi connectivity index (χ2v) is 5.93. The highest BCUT2D eigenvalue weighted by molar-refractivity contribution is 5.93. The smallest absolute Gasteiger partial charge is 0.338 e. The highest BCUT2D eigenvalue weighted by Crippen LogP contribution is 2.28. The van der Waals surface area contributed by atoms with Crippen molar-refractivity contribution in [3.63, 3.8) is 0 Å². The minimum absolute atomic E-state index is 0.219. The third-order valence-electron chi connectivity index (χ3n) is 3.58. The summed E-state index contributed by atoms with van der Waals surface area (Å²) in [7, 11) is 1.57. The molecule has 0 spiro atoms. The molecule has 22 heavy (non-hydrogen) atoms. The highest BCUT2D eigenvalue weighted by atomic mass is 16.7. The number of benzene rings is 1. The van der Waals surface area contributed by atoms with Crippen molar-refractivity contribution >= 4 is 5.97 Å². The Morgan fingerprint density at radius 2 is 1.55 bits per heavy atom. The van der Waals surface area contributed by atoms with Gasteiger partial charge in [-0.3, -0.25) is 0 Å². The Hall–Kier alpha value is -1.39. The van der Waals surface area contributed by atoms with Crippen molar-refractivity contribution in [2.24, 2.45) is 0 Å². The van der Waals surface area contributed by atoms with Gasteiger partial charge in [-0.1, -0.05) is 45.9 Å². The minimum Gasteiger partial charge on any atom is -0.460 e. The molecule has 0 aromatic heterocycles. The third kappa shape index (κ3) is 5.11. The molecule has 4 heteroatoms. The van der Waals surface area contributed by atoms with Crippen molar-refractivity contribution in [1.82, 2.24) is 0 Å². The van der Waals surface area contributed by atoms with Crippen LogP contribution in [0.25, 0.3) is 0 Å². The van der Waals surface area contributed by atoms with E-state index in [0.717, 1.165) is 11.1 Å². The number of methoxy groups -OCH3 is 1. The molecular formula is C18H28O4. The first-order chi connectivity index (χ1) is 10.4. The molecule has 4 nitrogen and oxygen atoms in total. The number of rotatable bonds is 8. The highest BCUT2D eigenvalue weighted by Gasteiger charge is 2.21. The Morgan fingerprint density at radius 1 is 1.00 bits per heavy atom. The Labute approximate surface area is 133 Å². The molecule has 1 aromatic carbocycles. The Bertz CT molecular complexity index is 454. The van der Waals surface area contributed by atoms with E-state index >= 15 is 0 Å². The maximum Gasteiger partial charge on any atom is 0.338 e. The molecule has 124 valence electrons. The van der Waals surface area contributed by atoms with Crippen LogP contribution in [0.5, 0.6) is 0 Å². The van der Waals surface area contributed by atoms with Crippen molar-refractivity contribution in [2.75, 3.05) is 20.3 Å². The fourth-order valence-electron chi connectivity index (χ4n) is 2.28. The van der Waals surface area contributed by atoms with Crippen molar-refractivity contribution in [1.29, 1.82) is 0 Å².